The van der Waals surface area contributed by atoms with Crippen molar-refractivity contribution in [2.24, 2.45) is 0 Å². The van der Waals surface area contributed by atoms with E-state index in [0.29, 0.717) is 12.2 Å². The van der Waals surface area contributed by atoms with Crippen molar-refractivity contribution in [3.8, 4) is 0 Å². The van der Waals surface area contributed by atoms with E-state index in [0.717, 1.165) is 0 Å². The molecule has 0 fully saturated rings. The second-order valence-electron chi connectivity index (χ2n) is 5.60. The normalized spacial score (nSPS) is 12.2. The van der Waals surface area contributed by atoms with Crippen LogP contribution >= 0.6 is 11.8 Å². The van der Waals surface area contributed by atoms with E-state index in [1.165, 1.54) is 6.08 Å². The summed E-state index contributed by atoms with van der Waals surface area (Å²) in [5, 5.41) is 2.52. The Labute approximate surface area is 136 Å². The number of ketones is 1. The van der Waals surface area contributed by atoms with Gasteiger partial charge in [0.2, 0.25) is 0 Å². The van der Waals surface area contributed by atoms with Crippen molar-refractivity contribution in [3.63, 3.8) is 0 Å². The first-order valence-electron chi connectivity index (χ1n) is 6.97. The third kappa shape index (κ3) is 10.3. The third-order valence-corrected chi connectivity index (χ3v) is 3.01. The molecule has 0 heterocycles. The summed E-state index contributed by atoms with van der Waals surface area (Å²) >= 11 is 1.55. The Morgan fingerprint density at radius 1 is 1.32 bits per heavy atom. The Kier molecular flexibility index (Phi) is 9.56. The zero-order valence-corrected chi connectivity index (χ0v) is 14.5. The van der Waals surface area contributed by atoms with Gasteiger partial charge in [0.15, 0.2) is 5.78 Å². The van der Waals surface area contributed by atoms with Crippen molar-refractivity contribution in [1.29, 1.82) is 0 Å². The minimum absolute atomic E-state index is 0.0566. The standard InChI is InChI=1S/C15H25NO5S/c1-6-8-20-13(18)10-12(17)11(7-9-22-5)16-14(19)21-15(2,3)4/h6,11H,1,7-10H2,2-5H3,(H,16,19)/t11-/m0/s1. The zero-order chi connectivity index (χ0) is 17.2. The van der Waals surface area contributed by atoms with Crippen molar-refractivity contribution < 1.29 is 23.9 Å². The molecule has 22 heavy (non-hydrogen) atoms. The van der Waals surface area contributed by atoms with Crippen molar-refractivity contribution in [3.05, 3.63) is 12.7 Å². The average Bonchev–Trinajstić information content (AvgIpc) is 2.38. The summed E-state index contributed by atoms with van der Waals surface area (Å²) in [7, 11) is 0. The lowest BCUT2D eigenvalue weighted by Crippen LogP contribution is -2.44. The molecular weight excluding hydrogens is 306 g/mol. The molecule has 0 unspecified atom stereocenters. The van der Waals surface area contributed by atoms with Crippen LogP contribution in [0.15, 0.2) is 12.7 Å². The van der Waals surface area contributed by atoms with E-state index < -0.39 is 29.5 Å². The number of hydrogen-bond donors (Lipinski definition) is 1. The van der Waals surface area contributed by atoms with Gasteiger partial charge in [-0.1, -0.05) is 12.7 Å². The van der Waals surface area contributed by atoms with Gasteiger partial charge in [0.1, 0.15) is 18.6 Å². The lowest BCUT2D eigenvalue weighted by molar-refractivity contribution is -0.145. The number of carbonyl (C=O) groups excluding carboxylic acids is 3. The molecule has 6 nitrogen and oxygen atoms in total. The molecule has 0 bridgehead atoms. The molecule has 1 atom stereocenters. The van der Waals surface area contributed by atoms with Crippen LogP contribution in [0.4, 0.5) is 4.79 Å². The molecule has 0 spiro atoms. The Morgan fingerprint density at radius 2 is 1.95 bits per heavy atom. The van der Waals surface area contributed by atoms with E-state index in [1.54, 1.807) is 32.5 Å². The van der Waals surface area contributed by atoms with Gasteiger partial charge in [-0.3, -0.25) is 9.59 Å². The van der Waals surface area contributed by atoms with Crippen LogP contribution in [0.25, 0.3) is 0 Å². The number of carbonyl (C=O) groups is 3. The summed E-state index contributed by atoms with van der Waals surface area (Å²) in [6.07, 6.45) is 2.68. The summed E-state index contributed by atoms with van der Waals surface area (Å²) in [6, 6.07) is -0.765. The maximum Gasteiger partial charge on any atom is 0.408 e. The molecule has 0 aromatic carbocycles. The molecule has 0 saturated heterocycles. The average molecular weight is 331 g/mol. The van der Waals surface area contributed by atoms with E-state index in [1.807, 2.05) is 6.26 Å². The molecule has 0 aromatic rings. The van der Waals surface area contributed by atoms with Gasteiger partial charge in [0.25, 0.3) is 0 Å². The Morgan fingerprint density at radius 3 is 2.45 bits per heavy atom. The number of alkyl carbamates (subject to hydrolysis) is 1. The largest absolute Gasteiger partial charge is 0.461 e. The maximum absolute atomic E-state index is 12.1. The highest BCUT2D eigenvalue weighted by Crippen LogP contribution is 2.09. The number of thioether (sulfide) groups is 1. The Balaban J connectivity index is 4.60. The van der Waals surface area contributed by atoms with E-state index >= 15 is 0 Å². The molecular formula is C15H25NO5S. The minimum Gasteiger partial charge on any atom is -0.461 e. The first-order chi connectivity index (χ1) is 10.2. The maximum atomic E-state index is 12.1. The van der Waals surface area contributed by atoms with Crippen LogP contribution in [0.1, 0.15) is 33.6 Å². The Hall–Kier alpha value is -1.50. The molecule has 0 aliphatic rings. The molecule has 0 aliphatic heterocycles. The fourth-order valence-corrected chi connectivity index (χ4v) is 1.94. The monoisotopic (exact) mass is 331 g/mol. The molecule has 0 aromatic heterocycles. The van der Waals surface area contributed by atoms with Gasteiger partial charge in [-0.15, -0.1) is 0 Å². The minimum atomic E-state index is -0.765. The third-order valence-electron chi connectivity index (χ3n) is 2.37. The molecule has 0 radical (unpaired) electrons. The fraction of sp³-hybridized carbons (Fsp3) is 0.667. The molecule has 1 amide bonds. The van der Waals surface area contributed by atoms with Gasteiger partial charge in [-0.25, -0.2) is 4.79 Å². The first-order valence-corrected chi connectivity index (χ1v) is 8.36. The van der Waals surface area contributed by atoms with Crippen LogP contribution in [0.3, 0.4) is 0 Å². The molecule has 0 aliphatic carbocycles. The molecule has 126 valence electrons. The quantitative estimate of drug-likeness (QED) is 0.397. The van der Waals surface area contributed by atoms with Gasteiger partial charge in [-0.2, -0.15) is 11.8 Å². The van der Waals surface area contributed by atoms with Crippen molar-refractivity contribution in [2.75, 3.05) is 18.6 Å². The van der Waals surface area contributed by atoms with Gasteiger partial charge in [-0.05, 0) is 39.2 Å². The van der Waals surface area contributed by atoms with Gasteiger partial charge in [0, 0.05) is 0 Å². The van der Waals surface area contributed by atoms with Crippen molar-refractivity contribution in [2.45, 2.75) is 45.3 Å². The van der Waals surface area contributed by atoms with Crippen LogP contribution < -0.4 is 5.32 Å². The van der Waals surface area contributed by atoms with E-state index in [2.05, 4.69) is 11.9 Å². The number of esters is 1. The number of rotatable bonds is 9. The van der Waals surface area contributed by atoms with Crippen LogP contribution in [0.5, 0.6) is 0 Å². The molecule has 0 saturated carbocycles. The zero-order valence-electron chi connectivity index (χ0n) is 13.6. The van der Waals surface area contributed by atoms with Crippen LogP contribution in [0.2, 0.25) is 0 Å². The number of ether oxygens (including phenoxy) is 2. The molecule has 7 heteroatoms. The van der Waals surface area contributed by atoms with Crippen molar-refractivity contribution in [1.82, 2.24) is 5.32 Å². The second kappa shape index (κ2) is 10.3. The van der Waals surface area contributed by atoms with Crippen molar-refractivity contribution >= 4 is 29.6 Å². The molecule has 0 rings (SSSR count). The first kappa shape index (κ1) is 20.5. The topological polar surface area (TPSA) is 81.7 Å². The lowest BCUT2D eigenvalue weighted by Gasteiger charge is -2.23. The predicted molar refractivity (Wildman–Crippen MR) is 86.9 cm³/mol. The summed E-state index contributed by atoms with van der Waals surface area (Å²) in [6.45, 7) is 8.68. The highest BCUT2D eigenvalue weighted by Gasteiger charge is 2.25. The summed E-state index contributed by atoms with van der Waals surface area (Å²) in [4.78, 5) is 35.4. The summed E-state index contributed by atoms with van der Waals surface area (Å²) in [5.41, 5.74) is -0.653. The lowest BCUT2D eigenvalue weighted by atomic mass is 10.1. The molecule has 1 N–H and O–H groups in total. The van der Waals surface area contributed by atoms with Crippen LogP contribution in [0, 0.1) is 0 Å². The number of amides is 1. The number of Topliss-reactive ketones (excluding diaryl/α,β-unsaturated/α-hetero) is 1. The van der Waals surface area contributed by atoms with Gasteiger partial charge < -0.3 is 14.8 Å². The van der Waals surface area contributed by atoms with Gasteiger partial charge in [0.05, 0.1) is 6.04 Å². The van der Waals surface area contributed by atoms with Gasteiger partial charge >= 0.3 is 12.1 Å². The fourth-order valence-electron chi connectivity index (χ4n) is 1.47. The van der Waals surface area contributed by atoms with E-state index in [-0.39, 0.29) is 13.0 Å². The number of hydrogen-bond acceptors (Lipinski definition) is 6. The Bertz CT molecular complexity index is 403. The number of nitrogens with one attached hydrogen (secondary N) is 1. The van der Waals surface area contributed by atoms with E-state index in [9.17, 15) is 14.4 Å². The highest BCUT2D eigenvalue weighted by atomic mass is 32.2. The second-order valence-corrected chi connectivity index (χ2v) is 6.58. The van der Waals surface area contributed by atoms with Crippen LogP contribution in [-0.4, -0.2) is 48.1 Å². The summed E-state index contributed by atoms with van der Waals surface area (Å²) < 4.78 is 9.90. The SMILES string of the molecule is C=CCOC(=O)CC(=O)[C@H](CCSC)NC(=O)OC(C)(C)C. The van der Waals surface area contributed by atoms with Crippen LogP contribution in [-0.2, 0) is 19.1 Å². The summed E-state index contributed by atoms with van der Waals surface area (Å²) in [5.74, 6) is -0.354. The smallest absolute Gasteiger partial charge is 0.408 e. The highest BCUT2D eigenvalue weighted by molar-refractivity contribution is 7.98. The van der Waals surface area contributed by atoms with E-state index in [4.69, 9.17) is 9.47 Å². The predicted octanol–water partition coefficient (Wildman–Crippen LogP) is 2.32.